The summed E-state index contributed by atoms with van der Waals surface area (Å²) in [7, 11) is 0. The van der Waals surface area contributed by atoms with Crippen LogP contribution in [-0.2, 0) is 11.3 Å². The number of aryl methyl sites for hydroxylation is 1. The Morgan fingerprint density at radius 1 is 1.10 bits per heavy atom. The summed E-state index contributed by atoms with van der Waals surface area (Å²) in [6.07, 6.45) is 11.5. The average Bonchev–Trinajstić information content (AvgIpc) is 3.64. The maximum absolute atomic E-state index is 16.3. The van der Waals surface area contributed by atoms with Gasteiger partial charge < -0.3 is 15.7 Å². The summed E-state index contributed by atoms with van der Waals surface area (Å²) in [5.74, 6) is -0.0604. The highest BCUT2D eigenvalue weighted by Crippen LogP contribution is 2.33. The Morgan fingerprint density at radius 2 is 1.98 bits per heavy atom. The Morgan fingerprint density at radius 3 is 2.80 bits per heavy atom. The summed E-state index contributed by atoms with van der Waals surface area (Å²) in [5, 5.41) is 7.42. The highest BCUT2D eigenvalue weighted by molar-refractivity contribution is 7.15. The van der Waals surface area contributed by atoms with Crippen LogP contribution in [0.1, 0.15) is 54.1 Å². The Bertz CT molecular complexity index is 1820. The third kappa shape index (κ3) is 4.76. The maximum atomic E-state index is 16.3. The third-order valence-electron chi connectivity index (χ3n) is 7.66. The number of aromatic amines is 1. The molecule has 1 aliphatic heterocycles. The van der Waals surface area contributed by atoms with Gasteiger partial charge in [0.25, 0.3) is 0 Å². The number of hydrogen-bond donors (Lipinski definition) is 3. The van der Waals surface area contributed by atoms with Crippen LogP contribution in [-0.4, -0.2) is 36.5 Å². The smallest absolute Gasteiger partial charge is 0.227 e. The number of carbonyl (C=O) groups is 1. The summed E-state index contributed by atoms with van der Waals surface area (Å²) in [6.45, 7) is 2.33. The molecule has 5 aromatic heterocycles. The number of anilines is 1. The SMILES string of the molecule is Cc1ccc(-c2nccc3[nH]c(C4=NNCc5ncc(-c6cncc(NC(=O)C7CCCCC7)c6)c(F)c54)nc23)s1. The van der Waals surface area contributed by atoms with Crippen LogP contribution in [0.2, 0.25) is 0 Å². The average molecular weight is 567 g/mol. The van der Waals surface area contributed by atoms with Gasteiger partial charge >= 0.3 is 0 Å². The lowest BCUT2D eigenvalue weighted by atomic mass is 9.88. The van der Waals surface area contributed by atoms with Crippen LogP contribution in [0.3, 0.4) is 0 Å². The van der Waals surface area contributed by atoms with Crippen molar-refractivity contribution < 1.29 is 9.18 Å². The van der Waals surface area contributed by atoms with E-state index in [1.807, 2.05) is 25.1 Å². The zero-order chi connectivity index (χ0) is 27.9. The van der Waals surface area contributed by atoms with E-state index in [4.69, 9.17) is 4.98 Å². The molecule has 0 bridgehead atoms. The molecular formula is C30H27FN8OS. The lowest BCUT2D eigenvalue weighted by Gasteiger charge is -2.21. The van der Waals surface area contributed by atoms with Gasteiger partial charge in [0.2, 0.25) is 5.91 Å². The number of H-pyrrole nitrogens is 1. The maximum Gasteiger partial charge on any atom is 0.227 e. The molecule has 6 heterocycles. The number of imidazole rings is 1. The molecule has 0 saturated heterocycles. The second-order valence-corrected chi connectivity index (χ2v) is 11.7. The minimum atomic E-state index is -0.472. The lowest BCUT2D eigenvalue weighted by Crippen LogP contribution is -2.25. The minimum absolute atomic E-state index is 0.00388. The summed E-state index contributed by atoms with van der Waals surface area (Å²) in [5.41, 5.74) is 7.64. The van der Waals surface area contributed by atoms with Crippen molar-refractivity contribution in [2.24, 2.45) is 11.0 Å². The Labute approximate surface area is 239 Å². The van der Waals surface area contributed by atoms with Crippen molar-refractivity contribution in [3.63, 3.8) is 0 Å². The van der Waals surface area contributed by atoms with Crippen molar-refractivity contribution in [3.05, 3.63) is 76.8 Å². The molecule has 7 rings (SSSR count). The Hall–Kier alpha value is -4.51. The molecule has 2 aliphatic rings. The number of nitrogens with one attached hydrogen (secondary N) is 3. The standard InChI is InChI=1S/C30H27FN8OS/c1-16-7-8-23(41-16)27-26-21(9-10-33-27)37-29(38-26)28-24-22(15-35-39-28)34-14-20(25(24)31)18-11-19(13-32-12-18)36-30(40)17-5-3-2-4-6-17/h7-14,17,35H,2-6,15H2,1H3,(H,36,40)(H,37,38). The highest BCUT2D eigenvalue weighted by atomic mass is 32.1. The number of fused-ring (bicyclic) bond motifs is 2. The molecular weight excluding hydrogens is 539 g/mol. The number of aromatic nitrogens is 5. The van der Waals surface area contributed by atoms with Crippen LogP contribution < -0.4 is 10.7 Å². The highest BCUT2D eigenvalue weighted by Gasteiger charge is 2.28. The number of hydrogen-bond acceptors (Lipinski definition) is 8. The largest absolute Gasteiger partial charge is 0.336 e. The summed E-state index contributed by atoms with van der Waals surface area (Å²) in [6, 6.07) is 7.66. The first kappa shape index (κ1) is 25.5. The van der Waals surface area contributed by atoms with E-state index in [-0.39, 0.29) is 29.5 Å². The van der Waals surface area contributed by atoms with E-state index < -0.39 is 5.82 Å². The fourth-order valence-corrected chi connectivity index (χ4v) is 6.44. The number of nitrogens with zero attached hydrogens (tertiary/aromatic N) is 5. The van der Waals surface area contributed by atoms with Gasteiger partial charge in [-0.25, -0.2) is 9.37 Å². The van der Waals surface area contributed by atoms with Gasteiger partial charge in [0.1, 0.15) is 22.7 Å². The quantitative estimate of drug-likeness (QED) is 0.241. The van der Waals surface area contributed by atoms with Gasteiger partial charge in [-0.2, -0.15) is 5.10 Å². The molecule has 11 heteroatoms. The molecule has 0 unspecified atom stereocenters. The number of rotatable bonds is 5. The number of pyridine rings is 3. The van der Waals surface area contributed by atoms with E-state index >= 15 is 4.39 Å². The second-order valence-electron chi connectivity index (χ2n) is 10.4. The Kier molecular flexibility index (Phi) is 6.50. The van der Waals surface area contributed by atoms with Gasteiger partial charge in [0.15, 0.2) is 5.82 Å². The van der Waals surface area contributed by atoms with Crippen LogP contribution in [0.4, 0.5) is 10.1 Å². The zero-order valence-corrected chi connectivity index (χ0v) is 23.2. The molecule has 9 nitrogen and oxygen atoms in total. The van der Waals surface area contributed by atoms with Crippen LogP contribution in [0.15, 0.2) is 54.2 Å². The van der Waals surface area contributed by atoms with E-state index in [1.165, 1.54) is 17.5 Å². The molecule has 1 saturated carbocycles. The number of hydrazone groups is 1. The fraction of sp³-hybridized carbons (Fsp3) is 0.267. The van der Waals surface area contributed by atoms with E-state index in [0.717, 1.165) is 41.8 Å². The normalized spacial score (nSPS) is 15.3. The van der Waals surface area contributed by atoms with E-state index in [0.29, 0.717) is 34.0 Å². The summed E-state index contributed by atoms with van der Waals surface area (Å²) in [4.78, 5) is 36.5. The molecule has 206 valence electrons. The number of amides is 1. The molecule has 0 spiro atoms. The molecule has 1 aliphatic carbocycles. The van der Waals surface area contributed by atoms with Crippen molar-refractivity contribution in [1.29, 1.82) is 0 Å². The number of halogens is 1. The van der Waals surface area contributed by atoms with E-state index in [2.05, 4.69) is 35.8 Å². The summed E-state index contributed by atoms with van der Waals surface area (Å²) < 4.78 is 16.3. The topological polar surface area (TPSA) is 121 Å². The molecule has 1 amide bonds. The van der Waals surface area contributed by atoms with Gasteiger partial charge in [-0.1, -0.05) is 19.3 Å². The molecule has 1 fully saturated rings. The monoisotopic (exact) mass is 566 g/mol. The Balaban J connectivity index is 1.24. The zero-order valence-electron chi connectivity index (χ0n) is 22.4. The van der Waals surface area contributed by atoms with Crippen LogP contribution in [0.5, 0.6) is 0 Å². The predicted molar refractivity (Wildman–Crippen MR) is 157 cm³/mol. The van der Waals surface area contributed by atoms with E-state index in [9.17, 15) is 4.79 Å². The van der Waals surface area contributed by atoms with Crippen LogP contribution >= 0.6 is 11.3 Å². The minimum Gasteiger partial charge on any atom is -0.336 e. The predicted octanol–water partition coefficient (Wildman–Crippen LogP) is 5.97. The van der Waals surface area contributed by atoms with Crippen LogP contribution in [0.25, 0.3) is 32.7 Å². The fourth-order valence-electron chi connectivity index (χ4n) is 5.58. The molecule has 5 aromatic rings. The molecule has 3 N–H and O–H groups in total. The number of thiophene rings is 1. The molecule has 0 aromatic carbocycles. The van der Waals surface area contributed by atoms with Crippen LogP contribution in [0, 0.1) is 18.7 Å². The van der Waals surface area contributed by atoms with Gasteiger partial charge in [-0.05, 0) is 44.0 Å². The first-order valence-electron chi connectivity index (χ1n) is 13.7. The number of carbonyl (C=O) groups excluding carboxylic acids is 1. The van der Waals surface area contributed by atoms with Gasteiger partial charge in [0, 0.05) is 40.5 Å². The second kappa shape index (κ2) is 10.5. The van der Waals surface area contributed by atoms with Crippen molar-refractivity contribution in [2.75, 3.05) is 5.32 Å². The van der Waals surface area contributed by atoms with Crippen molar-refractivity contribution in [3.8, 4) is 21.7 Å². The van der Waals surface area contributed by atoms with Crippen molar-refractivity contribution >= 4 is 39.7 Å². The molecule has 0 radical (unpaired) electrons. The van der Waals surface area contributed by atoms with Crippen molar-refractivity contribution in [2.45, 2.75) is 45.6 Å². The molecule has 0 atom stereocenters. The lowest BCUT2D eigenvalue weighted by molar-refractivity contribution is -0.120. The molecule has 41 heavy (non-hydrogen) atoms. The van der Waals surface area contributed by atoms with Gasteiger partial charge in [0.05, 0.1) is 40.1 Å². The van der Waals surface area contributed by atoms with E-state index in [1.54, 1.807) is 36.0 Å². The first-order valence-corrected chi connectivity index (χ1v) is 14.5. The third-order valence-corrected chi connectivity index (χ3v) is 8.67. The first-order chi connectivity index (χ1) is 20.0. The van der Waals surface area contributed by atoms with Gasteiger partial charge in [-0.15, -0.1) is 11.3 Å². The summed E-state index contributed by atoms with van der Waals surface area (Å²) >= 11 is 1.64. The van der Waals surface area contributed by atoms with Crippen molar-refractivity contribution in [1.82, 2.24) is 30.3 Å². The van der Waals surface area contributed by atoms with Gasteiger partial charge in [-0.3, -0.25) is 19.7 Å².